The smallest absolute Gasteiger partial charge is 0.246 e. The molecule has 1 heterocycles. The Hall–Kier alpha value is -0.900. The van der Waals surface area contributed by atoms with Crippen LogP contribution in [0.3, 0.4) is 0 Å². The molecule has 2 aliphatic rings. The Balaban J connectivity index is 1.70. The molecule has 0 bridgehead atoms. The molecule has 2 amide bonds. The van der Waals surface area contributed by atoms with Gasteiger partial charge in [0.15, 0.2) is 0 Å². The minimum atomic E-state index is -0.265. The van der Waals surface area contributed by atoms with Crippen molar-refractivity contribution in [2.75, 3.05) is 13.6 Å². The maximum Gasteiger partial charge on any atom is 0.246 e. The highest BCUT2D eigenvalue weighted by atomic mass is 16.2. The number of nitrogens with zero attached hydrogens (tertiary/aromatic N) is 1. The lowest BCUT2D eigenvalue weighted by Gasteiger charge is -2.13. The molecule has 2 fully saturated rings. The molecule has 90 valence electrons. The first-order chi connectivity index (χ1) is 7.68. The largest absolute Gasteiger partial charge is 0.305 e. The van der Waals surface area contributed by atoms with Gasteiger partial charge in [-0.1, -0.05) is 25.7 Å². The van der Waals surface area contributed by atoms with Gasteiger partial charge in [-0.25, -0.2) is 0 Å². The van der Waals surface area contributed by atoms with E-state index in [2.05, 4.69) is 5.32 Å². The molecule has 0 spiro atoms. The number of likely N-dealkylation sites (tertiary alicyclic amines) is 1. The van der Waals surface area contributed by atoms with Gasteiger partial charge >= 0.3 is 0 Å². The second-order valence-electron chi connectivity index (χ2n) is 4.94. The van der Waals surface area contributed by atoms with Crippen molar-refractivity contribution < 1.29 is 9.59 Å². The van der Waals surface area contributed by atoms with Gasteiger partial charge in [-0.15, -0.1) is 0 Å². The Bertz CT molecular complexity index is 285. The van der Waals surface area contributed by atoms with Crippen LogP contribution in [0.5, 0.6) is 0 Å². The maximum absolute atomic E-state index is 11.6. The summed E-state index contributed by atoms with van der Waals surface area (Å²) in [5.41, 5.74) is 0. The summed E-state index contributed by atoms with van der Waals surface area (Å²) in [5, 5.41) is 3.21. The van der Waals surface area contributed by atoms with Gasteiger partial charge in [-0.3, -0.25) is 14.5 Å². The topological polar surface area (TPSA) is 49.4 Å². The summed E-state index contributed by atoms with van der Waals surface area (Å²) in [6.45, 7) is 0.863. The first kappa shape index (κ1) is 11.6. The molecule has 1 unspecified atom stereocenters. The number of hydrogen-bond acceptors (Lipinski definition) is 3. The maximum atomic E-state index is 11.6. The molecule has 1 atom stereocenters. The van der Waals surface area contributed by atoms with Crippen molar-refractivity contribution in [3.8, 4) is 0 Å². The molecule has 2 rings (SSSR count). The highest BCUT2D eigenvalue weighted by Gasteiger charge is 2.35. The van der Waals surface area contributed by atoms with Crippen LogP contribution >= 0.6 is 0 Å². The molecule has 0 aromatic carbocycles. The van der Waals surface area contributed by atoms with Crippen molar-refractivity contribution in [2.24, 2.45) is 5.92 Å². The number of carbonyl (C=O) groups excluding carboxylic acids is 2. The second kappa shape index (κ2) is 4.95. The van der Waals surface area contributed by atoms with E-state index in [0.29, 0.717) is 6.42 Å². The third kappa shape index (κ3) is 2.43. The number of carbonyl (C=O) groups is 2. The van der Waals surface area contributed by atoms with Crippen LogP contribution in [-0.4, -0.2) is 36.3 Å². The molecule has 0 radical (unpaired) electrons. The van der Waals surface area contributed by atoms with Crippen LogP contribution < -0.4 is 5.32 Å². The van der Waals surface area contributed by atoms with Gasteiger partial charge in [0.2, 0.25) is 11.8 Å². The van der Waals surface area contributed by atoms with E-state index in [-0.39, 0.29) is 17.9 Å². The van der Waals surface area contributed by atoms with E-state index in [9.17, 15) is 9.59 Å². The average Bonchev–Trinajstić information content (AvgIpc) is 2.85. The standard InChI is InChI=1S/C12H20N2O2/c1-14-11(15)8-10(12(14)16)13-7-6-9-4-2-3-5-9/h9-10,13H,2-8H2,1H3. The molecule has 4 nitrogen and oxygen atoms in total. The summed E-state index contributed by atoms with van der Waals surface area (Å²) in [7, 11) is 1.56. The molecule has 1 aliphatic heterocycles. The molecular weight excluding hydrogens is 204 g/mol. The van der Waals surface area contributed by atoms with Crippen molar-refractivity contribution >= 4 is 11.8 Å². The second-order valence-corrected chi connectivity index (χ2v) is 4.94. The predicted molar refractivity (Wildman–Crippen MR) is 60.8 cm³/mol. The van der Waals surface area contributed by atoms with E-state index in [1.807, 2.05) is 0 Å². The summed E-state index contributed by atoms with van der Waals surface area (Å²) in [6.07, 6.45) is 6.85. The molecule has 0 aromatic rings. The van der Waals surface area contributed by atoms with Gasteiger partial charge in [-0.05, 0) is 18.9 Å². The fourth-order valence-electron chi connectivity index (χ4n) is 2.68. The lowest BCUT2D eigenvalue weighted by atomic mass is 10.0. The van der Waals surface area contributed by atoms with Crippen LogP contribution in [0.25, 0.3) is 0 Å². The summed E-state index contributed by atoms with van der Waals surface area (Å²) in [5.74, 6) is 0.692. The Morgan fingerprint density at radius 1 is 1.31 bits per heavy atom. The zero-order valence-corrected chi connectivity index (χ0v) is 9.87. The quantitative estimate of drug-likeness (QED) is 0.722. The number of hydrogen-bond donors (Lipinski definition) is 1. The van der Waals surface area contributed by atoms with Gasteiger partial charge in [0, 0.05) is 7.05 Å². The normalized spacial score (nSPS) is 27.1. The van der Waals surface area contributed by atoms with E-state index in [0.717, 1.165) is 18.9 Å². The average molecular weight is 224 g/mol. The number of imide groups is 1. The lowest BCUT2D eigenvalue weighted by Crippen LogP contribution is -2.37. The van der Waals surface area contributed by atoms with Crippen molar-refractivity contribution in [2.45, 2.75) is 44.6 Å². The minimum absolute atomic E-state index is 0.0663. The van der Waals surface area contributed by atoms with Gasteiger partial charge in [0.05, 0.1) is 12.5 Å². The highest BCUT2D eigenvalue weighted by molar-refractivity contribution is 6.05. The van der Waals surface area contributed by atoms with Crippen LogP contribution in [0, 0.1) is 5.92 Å². The van der Waals surface area contributed by atoms with Crippen LogP contribution in [0.2, 0.25) is 0 Å². The lowest BCUT2D eigenvalue weighted by molar-refractivity contribution is -0.137. The van der Waals surface area contributed by atoms with Crippen LogP contribution in [0.1, 0.15) is 38.5 Å². The molecule has 1 saturated carbocycles. The third-order valence-electron chi connectivity index (χ3n) is 3.80. The molecule has 1 aliphatic carbocycles. The van der Waals surface area contributed by atoms with Crippen molar-refractivity contribution in [3.63, 3.8) is 0 Å². The van der Waals surface area contributed by atoms with E-state index in [1.165, 1.54) is 30.6 Å². The van der Waals surface area contributed by atoms with Crippen molar-refractivity contribution in [1.82, 2.24) is 10.2 Å². The predicted octanol–water partition coefficient (Wildman–Crippen LogP) is 0.914. The Morgan fingerprint density at radius 3 is 2.56 bits per heavy atom. The number of likely N-dealkylation sites (N-methyl/N-ethyl adjacent to an activating group) is 1. The van der Waals surface area contributed by atoms with Crippen molar-refractivity contribution in [3.05, 3.63) is 0 Å². The molecule has 0 aromatic heterocycles. The Kier molecular flexibility index (Phi) is 3.59. The zero-order chi connectivity index (χ0) is 11.5. The van der Waals surface area contributed by atoms with E-state index < -0.39 is 0 Å². The first-order valence-electron chi connectivity index (χ1n) is 6.22. The van der Waals surface area contributed by atoms with E-state index >= 15 is 0 Å². The van der Waals surface area contributed by atoms with E-state index in [1.54, 1.807) is 7.05 Å². The molecule has 1 saturated heterocycles. The molecule has 1 N–H and O–H groups in total. The number of nitrogens with one attached hydrogen (secondary N) is 1. The van der Waals surface area contributed by atoms with E-state index in [4.69, 9.17) is 0 Å². The molecular formula is C12H20N2O2. The zero-order valence-electron chi connectivity index (χ0n) is 9.87. The summed E-state index contributed by atoms with van der Waals surface area (Å²) in [6, 6.07) is -0.265. The Labute approximate surface area is 96.4 Å². The summed E-state index contributed by atoms with van der Waals surface area (Å²) in [4.78, 5) is 24.1. The Morgan fingerprint density at radius 2 is 2.00 bits per heavy atom. The fraction of sp³-hybridized carbons (Fsp3) is 0.833. The van der Waals surface area contributed by atoms with Crippen LogP contribution in [0.4, 0.5) is 0 Å². The van der Waals surface area contributed by atoms with Crippen molar-refractivity contribution in [1.29, 1.82) is 0 Å². The molecule has 16 heavy (non-hydrogen) atoms. The minimum Gasteiger partial charge on any atom is -0.305 e. The summed E-state index contributed by atoms with van der Waals surface area (Å²) >= 11 is 0. The summed E-state index contributed by atoms with van der Waals surface area (Å²) < 4.78 is 0. The van der Waals surface area contributed by atoms with Gasteiger partial charge in [0.25, 0.3) is 0 Å². The van der Waals surface area contributed by atoms with Gasteiger partial charge in [-0.2, -0.15) is 0 Å². The number of rotatable bonds is 4. The number of amides is 2. The van der Waals surface area contributed by atoms with Crippen LogP contribution in [0.15, 0.2) is 0 Å². The molecule has 4 heteroatoms. The first-order valence-corrected chi connectivity index (χ1v) is 6.22. The van der Waals surface area contributed by atoms with Gasteiger partial charge in [0.1, 0.15) is 0 Å². The third-order valence-corrected chi connectivity index (χ3v) is 3.80. The fourth-order valence-corrected chi connectivity index (χ4v) is 2.68. The highest BCUT2D eigenvalue weighted by Crippen LogP contribution is 2.27. The SMILES string of the molecule is CN1C(=O)CC(NCCC2CCCC2)C1=O. The van der Waals surface area contributed by atoms with Crippen LogP contribution in [-0.2, 0) is 9.59 Å². The monoisotopic (exact) mass is 224 g/mol. The van der Waals surface area contributed by atoms with Gasteiger partial charge < -0.3 is 5.32 Å².